The monoisotopic (exact) mass is 388 g/mol. The standard InChI is InChI=1S/C22H20N4OS/c1-14-9-10-18(15(2)11-14)20-19(21(27)24-22-23-12-16(3)28-22)13-26(25-20)17-7-5-4-6-8-17/h4-13H,1-3H3,(H,23,24,27). The van der Waals surface area contributed by atoms with Gasteiger partial charge in [-0.2, -0.15) is 5.10 Å². The second kappa shape index (κ2) is 7.40. The van der Waals surface area contributed by atoms with E-state index in [9.17, 15) is 4.79 Å². The van der Waals surface area contributed by atoms with Crippen molar-refractivity contribution in [3.8, 4) is 16.9 Å². The number of amides is 1. The van der Waals surface area contributed by atoms with Crippen molar-refractivity contribution in [3.63, 3.8) is 0 Å². The molecule has 0 saturated heterocycles. The van der Waals surface area contributed by atoms with Crippen molar-refractivity contribution in [1.29, 1.82) is 0 Å². The predicted molar refractivity (Wildman–Crippen MR) is 113 cm³/mol. The summed E-state index contributed by atoms with van der Waals surface area (Å²) in [5, 5.41) is 8.23. The van der Waals surface area contributed by atoms with Gasteiger partial charge in [-0.15, -0.1) is 11.3 Å². The van der Waals surface area contributed by atoms with E-state index in [0.717, 1.165) is 21.7 Å². The van der Waals surface area contributed by atoms with E-state index in [1.165, 1.54) is 16.9 Å². The van der Waals surface area contributed by atoms with Crippen LogP contribution in [-0.2, 0) is 0 Å². The molecule has 5 nitrogen and oxygen atoms in total. The van der Waals surface area contributed by atoms with Gasteiger partial charge in [-0.3, -0.25) is 10.1 Å². The largest absolute Gasteiger partial charge is 0.298 e. The van der Waals surface area contributed by atoms with Crippen molar-refractivity contribution in [1.82, 2.24) is 14.8 Å². The Morgan fingerprint density at radius 3 is 2.54 bits per heavy atom. The predicted octanol–water partition coefficient (Wildman–Crippen LogP) is 5.17. The van der Waals surface area contributed by atoms with Gasteiger partial charge in [0, 0.05) is 22.8 Å². The van der Waals surface area contributed by atoms with Crippen LogP contribution >= 0.6 is 11.3 Å². The van der Waals surface area contributed by atoms with Crippen LogP contribution in [0.5, 0.6) is 0 Å². The summed E-state index contributed by atoms with van der Waals surface area (Å²) in [4.78, 5) is 18.3. The number of thiazole rings is 1. The Morgan fingerprint density at radius 2 is 1.86 bits per heavy atom. The minimum Gasteiger partial charge on any atom is -0.298 e. The Hall–Kier alpha value is -3.25. The molecule has 1 amide bonds. The molecule has 0 aliphatic rings. The first kappa shape index (κ1) is 18.1. The van der Waals surface area contributed by atoms with Gasteiger partial charge in [0.05, 0.1) is 11.3 Å². The first-order chi connectivity index (χ1) is 13.5. The number of nitrogens with one attached hydrogen (secondary N) is 1. The third-order valence-corrected chi connectivity index (χ3v) is 5.29. The maximum Gasteiger partial charge on any atom is 0.261 e. The van der Waals surface area contributed by atoms with Crippen LogP contribution in [0.2, 0.25) is 0 Å². The van der Waals surface area contributed by atoms with Crippen LogP contribution in [0.15, 0.2) is 60.9 Å². The van der Waals surface area contributed by atoms with E-state index in [1.807, 2.05) is 56.3 Å². The second-order valence-corrected chi connectivity index (χ2v) is 7.95. The molecule has 28 heavy (non-hydrogen) atoms. The highest BCUT2D eigenvalue weighted by atomic mass is 32.1. The lowest BCUT2D eigenvalue weighted by Gasteiger charge is -2.07. The molecule has 0 fully saturated rings. The van der Waals surface area contributed by atoms with Crippen LogP contribution in [0.1, 0.15) is 26.4 Å². The normalized spacial score (nSPS) is 10.8. The average molecular weight is 388 g/mol. The van der Waals surface area contributed by atoms with Gasteiger partial charge >= 0.3 is 0 Å². The van der Waals surface area contributed by atoms with Crippen molar-refractivity contribution in [2.24, 2.45) is 0 Å². The van der Waals surface area contributed by atoms with E-state index >= 15 is 0 Å². The minimum atomic E-state index is -0.216. The van der Waals surface area contributed by atoms with Crippen LogP contribution in [0.25, 0.3) is 16.9 Å². The number of benzene rings is 2. The molecule has 0 radical (unpaired) electrons. The molecule has 2 heterocycles. The summed E-state index contributed by atoms with van der Waals surface area (Å²) in [7, 11) is 0. The van der Waals surface area contributed by atoms with Crippen LogP contribution in [-0.4, -0.2) is 20.7 Å². The molecule has 0 aliphatic heterocycles. The smallest absolute Gasteiger partial charge is 0.261 e. The maximum absolute atomic E-state index is 13.0. The maximum atomic E-state index is 13.0. The Balaban J connectivity index is 1.81. The quantitative estimate of drug-likeness (QED) is 0.524. The summed E-state index contributed by atoms with van der Waals surface area (Å²) in [5.41, 5.74) is 5.28. The molecule has 0 unspecified atom stereocenters. The average Bonchev–Trinajstić information content (AvgIpc) is 3.29. The lowest BCUT2D eigenvalue weighted by atomic mass is 10.0. The second-order valence-electron chi connectivity index (χ2n) is 6.72. The zero-order chi connectivity index (χ0) is 19.7. The van der Waals surface area contributed by atoms with Crippen molar-refractivity contribution < 1.29 is 4.79 Å². The van der Waals surface area contributed by atoms with Crippen LogP contribution < -0.4 is 5.32 Å². The number of hydrogen-bond acceptors (Lipinski definition) is 4. The van der Waals surface area contributed by atoms with Crippen LogP contribution in [0.3, 0.4) is 0 Å². The Kier molecular flexibility index (Phi) is 4.79. The number of rotatable bonds is 4. The van der Waals surface area contributed by atoms with E-state index in [0.29, 0.717) is 16.4 Å². The minimum absolute atomic E-state index is 0.216. The molecule has 4 rings (SSSR count). The lowest BCUT2D eigenvalue weighted by Crippen LogP contribution is -2.12. The summed E-state index contributed by atoms with van der Waals surface area (Å²) < 4.78 is 1.75. The van der Waals surface area contributed by atoms with Gasteiger partial charge in [-0.25, -0.2) is 9.67 Å². The van der Waals surface area contributed by atoms with Crippen molar-refractivity contribution in [2.45, 2.75) is 20.8 Å². The topological polar surface area (TPSA) is 59.8 Å². The summed E-state index contributed by atoms with van der Waals surface area (Å²) in [6.45, 7) is 6.05. The summed E-state index contributed by atoms with van der Waals surface area (Å²) in [6.07, 6.45) is 3.53. The van der Waals surface area contributed by atoms with Gasteiger partial charge in [0.25, 0.3) is 5.91 Å². The van der Waals surface area contributed by atoms with Crippen molar-refractivity contribution >= 4 is 22.4 Å². The van der Waals surface area contributed by atoms with Gasteiger partial charge in [0.2, 0.25) is 0 Å². The van der Waals surface area contributed by atoms with Gasteiger partial charge in [0.15, 0.2) is 5.13 Å². The highest BCUT2D eigenvalue weighted by Crippen LogP contribution is 2.28. The van der Waals surface area contributed by atoms with E-state index < -0.39 is 0 Å². The molecule has 0 atom stereocenters. The number of nitrogens with zero attached hydrogens (tertiary/aromatic N) is 3. The first-order valence-electron chi connectivity index (χ1n) is 8.98. The number of para-hydroxylation sites is 1. The van der Waals surface area contributed by atoms with Crippen molar-refractivity contribution in [2.75, 3.05) is 5.32 Å². The molecule has 2 aromatic carbocycles. The van der Waals surface area contributed by atoms with Crippen molar-refractivity contribution in [3.05, 3.63) is 82.5 Å². The van der Waals surface area contributed by atoms with Gasteiger partial charge < -0.3 is 0 Å². The molecule has 2 aromatic heterocycles. The Bertz CT molecular complexity index is 1140. The molecule has 140 valence electrons. The fourth-order valence-electron chi connectivity index (χ4n) is 3.11. The first-order valence-corrected chi connectivity index (χ1v) is 9.79. The summed E-state index contributed by atoms with van der Waals surface area (Å²) in [5.74, 6) is -0.216. The lowest BCUT2D eigenvalue weighted by molar-refractivity contribution is 0.102. The molecule has 6 heteroatoms. The number of carbonyl (C=O) groups excluding carboxylic acids is 1. The fraction of sp³-hybridized carbons (Fsp3) is 0.136. The third-order valence-electron chi connectivity index (χ3n) is 4.46. The molecular formula is C22H20N4OS. The number of carbonyl (C=O) groups is 1. The SMILES string of the molecule is Cc1ccc(-c2nn(-c3ccccc3)cc2C(=O)Nc2ncc(C)s2)c(C)c1. The number of hydrogen-bond donors (Lipinski definition) is 1. The van der Waals surface area contributed by atoms with E-state index in [-0.39, 0.29) is 5.91 Å². The Morgan fingerprint density at radius 1 is 1.07 bits per heavy atom. The molecule has 0 spiro atoms. The van der Waals surface area contributed by atoms with E-state index in [2.05, 4.69) is 23.3 Å². The van der Waals surface area contributed by atoms with Crippen LogP contribution in [0.4, 0.5) is 5.13 Å². The molecule has 0 saturated carbocycles. The zero-order valence-electron chi connectivity index (χ0n) is 15.9. The molecular weight excluding hydrogens is 368 g/mol. The highest BCUT2D eigenvalue weighted by molar-refractivity contribution is 7.15. The number of aromatic nitrogens is 3. The van der Waals surface area contributed by atoms with E-state index in [4.69, 9.17) is 5.10 Å². The van der Waals surface area contributed by atoms with Gasteiger partial charge in [0.1, 0.15) is 5.69 Å². The number of aryl methyl sites for hydroxylation is 3. The fourth-order valence-corrected chi connectivity index (χ4v) is 3.77. The molecule has 0 bridgehead atoms. The summed E-state index contributed by atoms with van der Waals surface area (Å²) in [6, 6.07) is 15.9. The molecule has 4 aromatic rings. The Labute approximate surface area is 167 Å². The van der Waals surface area contributed by atoms with Gasteiger partial charge in [-0.05, 0) is 38.5 Å². The van der Waals surface area contributed by atoms with E-state index in [1.54, 1.807) is 17.1 Å². The molecule has 1 N–H and O–H groups in total. The molecule has 0 aliphatic carbocycles. The number of anilines is 1. The zero-order valence-corrected chi connectivity index (χ0v) is 16.7. The summed E-state index contributed by atoms with van der Waals surface area (Å²) >= 11 is 1.45. The highest BCUT2D eigenvalue weighted by Gasteiger charge is 2.20. The van der Waals surface area contributed by atoms with Crippen LogP contribution in [0, 0.1) is 20.8 Å². The third kappa shape index (κ3) is 3.59. The van der Waals surface area contributed by atoms with Gasteiger partial charge in [-0.1, -0.05) is 42.0 Å².